The van der Waals surface area contributed by atoms with Gasteiger partial charge in [0, 0.05) is 24.8 Å². The molecule has 1 aliphatic rings. The largest absolute Gasteiger partial charge is 0.492 e. The summed E-state index contributed by atoms with van der Waals surface area (Å²) in [5.41, 5.74) is 2.13. The minimum absolute atomic E-state index is 0.505. The highest BCUT2D eigenvalue weighted by Gasteiger charge is 2.16. The molecule has 19 heavy (non-hydrogen) atoms. The van der Waals surface area contributed by atoms with Gasteiger partial charge in [0.1, 0.15) is 5.75 Å². The number of hydrogen-bond acceptors (Lipinski definition) is 2. The van der Waals surface area contributed by atoms with Gasteiger partial charge < -0.3 is 9.47 Å². The fourth-order valence-corrected chi connectivity index (χ4v) is 2.09. The van der Waals surface area contributed by atoms with Crippen LogP contribution in [0.25, 0.3) is 0 Å². The second-order valence-electron chi connectivity index (χ2n) is 4.78. The van der Waals surface area contributed by atoms with Gasteiger partial charge in [-0.3, -0.25) is 0 Å². The van der Waals surface area contributed by atoms with Crippen LogP contribution < -0.4 is 4.74 Å². The first-order valence-corrected chi connectivity index (χ1v) is 7.19. The molecule has 3 heteroatoms. The highest BCUT2D eigenvalue weighted by atomic mass is 35.5. The van der Waals surface area contributed by atoms with Crippen molar-refractivity contribution in [2.45, 2.75) is 19.8 Å². The Morgan fingerprint density at radius 1 is 1.47 bits per heavy atom. The van der Waals surface area contributed by atoms with Crippen molar-refractivity contribution in [1.29, 1.82) is 0 Å². The Bertz CT molecular complexity index is 467. The SMILES string of the molecule is Cc1ccc(OCC2CCOC2)c(C#CCCCl)c1. The van der Waals surface area contributed by atoms with Crippen LogP contribution in [-0.4, -0.2) is 25.7 Å². The summed E-state index contributed by atoms with van der Waals surface area (Å²) < 4.78 is 11.2. The van der Waals surface area contributed by atoms with Gasteiger partial charge in [0.2, 0.25) is 0 Å². The molecule has 1 heterocycles. The molecule has 1 aliphatic heterocycles. The van der Waals surface area contributed by atoms with Gasteiger partial charge >= 0.3 is 0 Å². The van der Waals surface area contributed by atoms with Crippen LogP contribution in [0, 0.1) is 24.7 Å². The molecule has 0 bridgehead atoms. The average Bonchev–Trinajstić information content (AvgIpc) is 2.91. The zero-order valence-electron chi connectivity index (χ0n) is 11.2. The Morgan fingerprint density at radius 2 is 2.37 bits per heavy atom. The van der Waals surface area contributed by atoms with Crippen molar-refractivity contribution in [1.82, 2.24) is 0 Å². The molecule has 0 aromatic heterocycles. The van der Waals surface area contributed by atoms with Crippen molar-refractivity contribution < 1.29 is 9.47 Å². The molecule has 1 unspecified atom stereocenters. The van der Waals surface area contributed by atoms with E-state index in [2.05, 4.69) is 24.8 Å². The summed E-state index contributed by atoms with van der Waals surface area (Å²) in [7, 11) is 0. The van der Waals surface area contributed by atoms with E-state index in [4.69, 9.17) is 21.1 Å². The average molecular weight is 279 g/mol. The smallest absolute Gasteiger partial charge is 0.134 e. The molecule has 1 aromatic carbocycles. The van der Waals surface area contributed by atoms with Gasteiger partial charge in [-0.05, 0) is 31.0 Å². The third kappa shape index (κ3) is 4.45. The first kappa shape index (κ1) is 14.2. The number of halogens is 1. The molecule has 2 nitrogen and oxygen atoms in total. The van der Waals surface area contributed by atoms with E-state index in [0.717, 1.165) is 30.9 Å². The lowest BCUT2D eigenvalue weighted by molar-refractivity contribution is 0.167. The Labute approximate surface area is 120 Å². The van der Waals surface area contributed by atoms with E-state index >= 15 is 0 Å². The monoisotopic (exact) mass is 278 g/mol. The van der Waals surface area contributed by atoms with E-state index in [0.29, 0.717) is 24.8 Å². The van der Waals surface area contributed by atoms with Crippen LogP contribution in [0.4, 0.5) is 0 Å². The quantitative estimate of drug-likeness (QED) is 0.621. The van der Waals surface area contributed by atoms with E-state index in [1.807, 2.05) is 12.1 Å². The van der Waals surface area contributed by atoms with Crippen LogP contribution in [0.5, 0.6) is 5.75 Å². The number of ether oxygens (including phenoxy) is 2. The van der Waals surface area contributed by atoms with Crippen LogP contribution in [0.3, 0.4) is 0 Å². The van der Waals surface area contributed by atoms with Crippen molar-refractivity contribution in [3.8, 4) is 17.6 Å². The first-order chi connectivity index (χ1) is 9.29. The summed E-state index contributed by atoms with van der Waals surface area (Å²) in [5, 5.41) is 0. The van der Waals surface area contributed by atoms with Crippen LogP contribution >= 0.6 is 11.6 Å². The first-order valence-electron chi connectivity index (χ1n) is 6.65. The lowest BCUT2D eigenvalue weighted by atomic mass is 10.1. The Kier molecular flexibility index (Phi) is 5.57. The maximum Gasteiger partial charge on any atom is 0.134 e. The number of alkyl halides is 1. The van der Waals surface area contributed by atoms with Crippen molar-refractivity contribution in [3.05, 3.63) is 29.3 Å². The van der Waals surface area contributed by atoms with Crippen LogP contribution in [-0.2, 0) is 4.74 Å². The molecule has 1 aromatic rings. The Hall–Kier alpha value is -1.17. The number of rotatable bonds is 4. The topological polar surface area (TPSA) is 18.5 Å². The summed E-state index contributed by atoms with van der Waals surface area (Å²) in [6, 6.07) is 6.10. The van der Waals surface area contributed by atoms with E-state index in [9.17, 15) is 0 Å². The summed E-state index contributed by atoms with van der Waals surface area (Å²) in [6.07, 6.45) is 1.78. The highest BCUT2D eigenvalue weighted by molar-refractivity contribution is 6.18. The fraction of sp³-hybridized carbons (Fsp3) is 0.500. The Morgan fingerprint density at radius 3 is 3.11 bits per heavy atom. The van der Waals surface area contributed by atoms with Crippen molar-refractivity contribution in [2.24, 2.45) is 5.92 Å². The molecule has 0 N–H and O–H groups in total. The summed E-state index contributed by atoms with van der Waals surface area (Å²) in [6.45, 7) is 4.41. The van der Waals surface area contributed by atoms with E-state index in [1.165, 1.54) is 5.56 Å². The van der Waals surface area contributed by atoms with E-state index in [-0.39, 0.29) is 0 Å². The summed E-state index contributed by atoms with van der Waals surface area (Å²) in [5.74, 6) is 8.13. The van der Waals surface area contributed by atoms with E-state index in [1.54, 1.807) is 0 Å². The van der Waals surface area contributed by atoms with Gasteiger partial charge in [0.05, 0.1) is 18.8 Å². The fourth-order valence-electron chi connectivity index (χ4n) is 1.99. The van der Waals surface area contributed by atoms with Gasteiger partial charge in [-0.1, -0.05) is 17.9 Å². The van der Waals surface area contributed by atoms with Crippen molar-refractivity contribution in [2.75, 3.05) is 25.7 Å². The molecule has 0 aliphatic carbocycles. The van der Waals surface area contributed by atoms with Gasteiger partial charge in [-0.25, -0.2) is 0 Å². The Balaban J connectivity index is 2.03. The summed E-state index contributed by atoms with van der Waals surface area (Å²) >= 11 is 5.64. The number of hydrogen-bond donors (Lipinski definition) is 0. The minimum Gasteiger partial charge on any atom is -0.492 e. The molecule has 102 valence electrons. The number of benzene rings is 1. The predicted molar refractivity (Wildman–Crippen MR) is 77.8 cm³/mol. The second-order valence-corrected chi connectivity index (χ2v) is 5.16. The standard InChI is InChI=1S/C16H19ClO2/c1-13-5-6-16(15(10-13)4-2-3-8-17)19-12-14-7-9-18-11-14/h5-6,10,14H,3,7-9,11-12H2,1H3. The van der Waals surface area contributed by atoms with Crippen LogP contribution in [0.1, 0.15) is 24.0 Å². The molecule has 1 fully saturated rings. The maximum atomic E-state index is 5.89. The lowest BCUT2D eigenvalue weighted by Crippen LogP contribution is -2.12. The van der Waals surface area contributed by atoms with E-state index < -0.39 is 0 Å². The predicted octanol–water partition coefficient (Wildman–Crippen LogP) is 3.39. The molecule has 1 atom stereocenters. The third-order valence-corrected chi connectivity index (χ3v) is 3.27. The van der Waals surface area contributed by atoms with Crippen LogP contribution in [0.2, 0.25) is 0 Å². The third-order valence-electron chi connectivity index (χ3n) is 3.08. The van der Waals surface area contributed by atoms with Crippen LogP contribution in [0.15, 0.2) is 18.2 Å². The summed E-state index contributed by atoms with van der Waals surface area (Å²) in [4.78, 5) is 0. The van der Waals surface area contributed by atoms with Gasteiger partial charge in [0.15, 0.2) is 0 Å². The van der Waals surface area contributed by atoms with Crippen molar-refractivity contribution >= 4 is 11.6 Å². The van der Waals surface area contributed by atoms with Crippen molar-refractivity contribution in [3.63, 3.8) is 0 Å². The normalized spacial score (nSPS) is 17.9. The van der Waals surface area contributed by atoms with Gasteiger partial charge in [0.25, 0.3) is 0 Å². The molecule has 1 saturated heterocycles. The number of aryl methyl sites for hydroxylation is 1. The van der Waals surface area contributed by atoms with Gasteiger partial charge in [-0.15, -0.1) is 11.6 Å². The zero-order valence-corrected chi connectivity index (χ0v) is 12.0. The molecule has 0 radical (unpaired) electrons. The minimum atomic E-state index is 0.505. The zero-order chi connectivity index (χ0) is 13.5. The molecule has 0 saturated carbocycles. The molecular weight excluding hydrogens is 260 g/mol. The maximum absolute atomic E-state index is 5.89. The highest BCUT2D eigenvalue weighted by Crippen LogP contribution is 2.21. The second kappa shape index (κ2) is 7.43. The van der Waals surface area contributed by atoms with Gasteiger partial charge in [-0.2, -0.15) is 0 Å². The lowest BCUT2D eigenvalue weighted by Gasteiger charge is -2.12. The molecule has 0 spiro atoms. The molecule has 2 rings (SSSR count). The molecular formula is C16H19ClO2. The molecule has 0 amide bonds.